The number of phosphoric acid groups is 1. The maximum Gasteiger partial charge on any atom is 0.469 e. The van der Waals surface area contributed by atoms with Crippen LogP contribution >= 0.6 is 7.82 Å². The Bertz CT molecular complexity index is 476. The largest absolute Gasteiger partial charge is 0.469 e. The zero-order valence-electron chi connectivity index (χ0n) is 17.9. The first-order chi connectivity index (χ1) is 13.8. The van der Waals surface area contributed by atoms with E-state index in [0.29, 0.717) is 6.42 Å². The van der Waals surface area contributed by atoms with E-state index in [1.54, 1.807) is 0 Å². The van der Waals surface area contributed by atoms with Gasteiger partial charge in [-0.15, -0.1) is 0 Å². The van der Waals surface area contributed by atoms with Crippen LogP contribution in [0.2, 0.25) is 0 Å². The molecule has 29 heavy (non-hydrogen) atoms. The molecule has 0 aliphatic rings. The van der Waals surface area contributed by atoms with Crippen molar-refractivity contribution in [1.82, 2.24) is 0 Å². The molecule has 4 N–H and O–H groups in total. The standard InChI is InChI=1S/C21H41O7P/c1-2-3-4-5-6-7-8-9-10-11-12-13-14-15-16-17-19(22)21(24)20(23)18-28-29(25,26)27/h7-8,20-21,23-24H,2-6,9-18H2,1H3,(H2,25,26,27)/b8-7-/t20-,21?/m0/s1. The highest BCUT2D eigenvalue weighted by atomic mass is 31.2. The van der Waals surface area contributed by atoms with Gasteiger partial charge in [0.2, 0.25) is 0 Å². The minimum atomic E-state index is -4.73. The summed E-state index contributed by atoms with van der Waals surface area (Å²) in [7, 11) is -4.73. The Morgan fingerprint density at radius 1 is 0.862 bits per heavy atom. The molecule has 0 saturated heterocycles. The molecule has 1 unspecified atom stereocenters. The van der Waals surface area contributed by atoms with Crippen molar-refractivity contribution in [3.05, 3.63) is 12.2 Å². The second-order valence-corrected chi connectivity index (χ2v) is 8.84. The van der Waals surface area contributed by atoms with E-state index in [-0.39, 0.29) is 6.42 Å². The van der Waals surface area contributed by atoms with Crippen molar-refractivity contribution in [3.63, 3.8) is 0 Å². The molecule has 0 radical (unpaired) electrons. The van der Waals surface area contributed by atoms with E-state index < -0.39 is 32.4 Å². The van der Waals surface area contributed by atoms with E-state index in [4.69, 9.17) is 9.79 Å². The molecule has 7 nitrogen and oxygen atoms in total. The normalized spacial score (nSPS) is 14.4. The number of rotatable bonds is 20. The van der Waals surface area contributed by atoms with Crippen LogP contribution in [0.5, 0.6) is 0 Å². The number of allylic oxidation sites excluding steroid dienone is 2. The van der Waals surface area contributed by atoms with Gasteiger partial charge in [0.05, 0.1) is 6.61 Å². The fourth-order valence-electron chi connectivity index (χ4n) is 3.00. The van der Waals surface area contributed by atoms with E-state index in [1.807, 2.05) is 0 Å². The van der Waals surface area contributed by atoms with Crippen LogP contribution in [0.1, 0.15) is 96.8 Å². The number of carbonyl (C=O) groups excluding carboxylic acids is 1. The minimum absolute atomic E-state index is 0.136. The van der Waals surface area contributed by atoms with E-state index in [1.165, 1.54) is 51.4 Å². The zero-order valence-corrected chi connectivity index (χ0v) is 18.8. The molecule has 0 spiro atoms. The van der Waals surface area contributed by atoms with Gasteiger partial charge in [-0.05, 0) is 32.1 Å². The van der Waals surface area contributed by atoms with Crippen molar-refractivity contribution in [2.75, 3.05) is 6.61 Å². The number of hydrogen-bond acceptors (Lipinski definition) is 5. The maximum atomic E-state index is 11.8. The van der Waals surface area contributed by atoms with Gasteiger partial charge in [-0.2, -0.15) is 0 Å². The van der Waals surface area contributed by atoms with Crippen LogP contribution < -0.4 is 0 Å². The minimum Gasteiger partial charge on any atom is -0.388 e. The first-order valence-corrected chi connectivity index (χ1v) is 12.5. The Labute approximate surface area is 175 Å². The third-order valence-electron chi connectivity index (χ3n) is 4.79. The van der Waals surface area contributed by atoms with Crippen LogP contribution in [-0.2, 0) is 13.9 Å². The van der Waals surface area contributed by atoms with Gasteiger partial charge in [0, 0.05) is 6.42 Å². The van der Waals surface area contributed by atoms with Gasteiger partial charge < -0.3 is 20.0 Å². The van der Waals surface area contributed by atoms with Crippen LogP contribution in [0.15, 0.2) is 12.2 Å². The number of aliphatic hydroxyl groups is 2. The van der Waals surface area contributed by atoms with Gasteiger partial charge in [0.25, 0.3) is 0 Å². The molecule has 0 amide bonds. The molecule has 0 rings (SSSR count). The van der Waals surface area contributed by atoms with E-state index >= 15 is 0 Å². The Morgan fingerprint density at radius 3 is 1.86 bits per heavy atom. The Balaban J connectivity index is 3.52. The molecular weight excluding hydrogens is 395 g/mol. The molecule has 8 heteroatoms. The summed E-state index contributed by atoms with van der Waals surface area (Å²) < 4.78 is 14.6. The summed E-state index contributed by atoms with van der Waals surface area (Å²) >= 11 is 0. The average Bonchev–Trinajstić information content (AvgIpc) is 2.67. The molecule has 0 aliphatic carbocycles. The van der Waals surface area contributed by atoms with Crippen LogP contribution in [0.4, 0.5) is 0 Å². The monoisotopic (exact) mass is 436 g/mol. The lowest BCUT2D eigenvalue weighted by Crippen LogP contribution is -2.36. The number of carbonyl (C=O) groups is 1. The van der Waals surface area contributed by atoms with Gasteiger partial charge in [-0.3, -0.25) is 9.32 Å². The Kier molecular flexibility index (Phi) is 17.9. The maximum absolute atomic E-state index is 11.8. The summed E-state index contributed by atoms with van der Waals surface area (Å²) in [6, 6.07) is 0. The first-order valence-electron chi connectivity index (χ1n) is 11.0. The van der Waals surface area contributed by atoms with Crippen molar-refractivity contribution in [1.29, 1.82) is 0 Å². The van der Waals surface area contributed by atoms with Crippen LogP contribution in [-0.4, -0.2) is 44.6 Å². The van der Waals surface area contributed by atoms with Crippen molar-refractivity contribution < 1.29 is 33.9 Å². The lowest BCUT2D eigenvalue weighted by atomic mass is 10.0. The molecule has 0 aromatic carbocycles. The molecule has 0 aromatic heterocycles. The van der Waals surface area contributed by atoms with Gasteiger partial charge in [0.15, 0.2) is 5.78 Å². The molecule has 0 heterocycles. The topological polar surface area (TPSA) is 124 Å². The number of phosphoric ester groups is 1. The number of unbranched alkanes of at least 4 members (excludes halogenated alkanes) is 11. The SMILES string of the molecule is CCCCCC/C=C\CCCCCCCCCC(=O)C(O)[C@@H](O)COP(=O)(O)O. The fraction of sp³-hybridized carbons (Fsp3) is 0.857. The zero-order chi connectivity index (χ0) is 22.0. The molecule has 0 saturated carbocycles. The number of aliphatic hydroxyl groups excluding tert-OH is 2. The number of ketones is 1. The van der Waals surface area contributed by atoms with Crippen molar-refractivity contribution >= 4 is 13.6 Å². The average molecular weight is 437 g/mol. The quantitative estimate of drug-likeness (QED) is 0.126. The van der Waals surface area contributed by atoms with Gasteiger partial charge in [-0.25, -0.2) is 4.57 Å². The van der Waals surface area contributed by atoms with Gasteiger partial charge >= 0.3 is 7.82 Å². The number of Topliss-reactive ketones (excluding diaryl/α,β-unsaturated/α-hetero) is 1. The van der Waals surface area contributed by atoms with Crippen LogP contribution in [0.25, 0.3) is 0 Å². The van der Waals surface area contributed by atoms with Crippen molar-refractivity contribution in [2.24, 2.45) is 0 Å². The van der Waals surface area contributed by atoms with Crippen LogP contribution in [0, 0.1) is 0 Å². The summed E-state index contributed by atoms with van der Waals surface area (Å²) in [5, 5.41) is 19.2. The molecular formula is C21H41O7P. The Morgan fingerprint density at radius 2 is 1.34 bits per heavy atom. The summed E-state index contributed by atoms with van der Waals surface area (Å²) in [4.78, 5) is 28.9. The van der Waals surface area contributed by atoms with E-state index in [9.17, 15) is 19.6 Å². The van der Waals surface area contributed by atoms with Gasteiger partial charge in [0.1, 0.15) is 12.2 Å². The van der Waals surface area contributed by atoms with Crippen LogP contribution in [0.3, 0.4) is 0 Å². The lowest BCUT2D eigenvalue weighted by molar-refractivity contribution is -0.134. The predicted octanol–water partition coefficient (Wildman–Crippen LogP) is 4.42. The molecule has 0 aliphatic heterocycles. The van der Waals surface area contributed by atoms with Crippen molar-refractivity contribution in [2.45, 2.75) is 109 Å². The molecule has 0 aromatic rings. The Hall–Kier alpha value is -0.560. The summed E-state index contributed by atoms with van der Waals surface area (Å²) in [5.74, 6) is -0.534. The predicted molar refractivity (Wildman–Crippen MR) is 114 cm³/mol. The molecule has 172 valence electrons. The second kappa shape index (κ2) is 18.2. The molecule has 0 fully saturated rings. The molecule has 0 bridgehead atoms. The summed E-state index contributed by atoms with van der Waals surface area (Å²) in [5.41, 5.74) is 0. The highest BCUT2D eigenvalue weighted by Gasteiger charge is 2.26. The third kappa shape index (κ3) is 19.2. The highest BCUT2D eigenvalue weighted by Crippen LogP contribution is 2.35. The fourth-order valence-corrected chi connectivity index (χ4v) is 3.34. The highest BCUT2D eigenvalue weighted by molar-refractivity contribution is 7.46. The van der Waals surface area contributed by atoms with Crippen molar-refractivity contribution in [3.8, 4) is 0 Å². The van der Waals surface area contributed by atoms with Gasteiger partial charge in [-0.1, -0.05) is 70.4 Å². The van der Waals surface area contributed by atoms with E-state index in [2.05, 4.69) is 23.6 Å². The lowest BCUT2D eigenvalue weighted by Gasteiger charge is -2.17. The number of hydrogen-bond donors (Lipinski definition) is 4. The first kappa shape index (κ1) is 28.4. The molecule has 2 atom stereocenters. The van der Waals surface area contributed by atoms with E-state index in [0.717, 1.165) is 25.7 Å². The second-order valence-electron chi connectivity index (χ2n) is 7.60. The third-order valence-corrected chi connectivity index (χ3v) is 5.28. The summed E-state index contributed by atoms with van der Waals surface area (Å²) in [6.07, 6.45) is 16.3. The summed E-state index contributed by atoms with van der Waals surface area (Å²) in [6.45, 7) is 1.44. The smallest absolute Gasteiger partial charge is 0.388 e.